The zero-order valence-electron chi connectivity index (χ0n) is 21.6. The first kappa shape index (κ1) is 26.3. The van der Waals surface area contributed by atoms with Crippen molar-refractivity contribution in [3.05, 3.63) is 61.1 Å². The summed E-state index contributed by atoms with van der Waals surface area (Å²) in [5.41, 5.74) is 1.30. The molecule has 0 N–H and O–H groups in total. The minimum Gasteiger partial charge on any atom is -0.434 e. The van der Waals surface area contributed by atoms with Crippen LogP contribution in [-0.4, -0.2) is 74.6 Å². The van der Waals surface area contributed by atoms with Gasteiger partial charge in [-0.15, -0.1) is 0 Å². The van der Waals surface area contributed by atoms with E-state index in [1.54, 1.807) is 41.5 Å². The van der Waals surface area contributed by atoms with Gasteiger partial charge in [0, 0.05) is 50.1 Å². The Balaban J connectivity index is 1.42. The van der Waals surface area contributed by atoms with Gasteiger partial charge in [0.2, 0.25) is 5.91 Å². The number of nitriles is 1. The number of rotatable bonds is 9. The summed E-state index contributed by atoms with van der Waals surface area (Å²) < 4.78 is 34.8. The molecule has 3 heterocycles. The molecule has 2 aromatic carbocycles. The van der Waals surface area contributed by atoms with Gasteiger partial charge in [-0.05, 0) is 48.9 Å². The lowest BCUT2D eigenvalue weighted by Crippen LogP contribution is -2.46. The zero-order valence-corrected chi connectivity index (χ0v) is 21.6. The molecular formula is C28H29F2N7O2. The lowest BCUT2D eigenvalue weighted by molar-refractivity contribution is -0.133. The van der Waals surface area contributed by atoms with Gasteiger partial charge >= 0.3 is 6.61 Å². The number of alkyl halides is 2. The Morgan fingerprint density at radius 3 is 2.62 bits per heavy atom. The number of likely N-dealkylation sites (tertiary alicyclic amines) is 1. The van der Waals surface area contributed by atoms with E-state index in [9.17, 15) is 13.6 Å². The third-order valence-corrected chi connectivity index (χ3v) is 7.13. The number of piperidine rings is 1. The van der Waals surface area contributed by atoms with Gasteiger partial charge < -0.3 is 14.5 Å². The van der Waals surface area contributed by atoms with Crippen LogP contribution in [0.15, 0.2) is 61.1 Å². The summed E-state index contributed by atoms with van der Waals surface area (Å²) in [6.07, 6.45) is 7.20. The second kappa shape index (κ2) is 11.6. The van der Waals surface area contributed by atoms with Gasteiger partial charge in [0.1, 0.15) is 23.7 Å². The molecule has 9 nitrogen and oxygen atoms in total. The average Bonchev–Trinajstić information content (AvgIpc) is 3.61. The number of amides is 1. The predicted octanol–water partition coefficient (Wildman–Crippen LogP) is 4.33. The third kappa shape index (κ3) is 5.91. The predicted molar refractivity (Wildman–Crippen MR) is 141 cm³/mol. The maximum absolute atomic E-state index is 13.4. The summed E-state index contributed by atoms with van der Waals surface area (Å²) in [5, 5.41) is 19.4. The zero-order chi connectivity index (χ0) is 27.4. The van der Waals surface area contributed by atoms with E-state index < -0.39 is 6.61 Å². The number of benzene rings is 2. The number of nitrogens with zero attached hydrogens (tertiary/aromatic N) is 7. The van der Waals surface area contributed by atoms with Crippen LogP contribution >= 0.6 is 0 Å². The average molecular weight is 534 g/mol. The van der Waals surface area contributed by atoms with E-state index in [-0.39, 0.29) is 18.2 Å². The summed E-state index contributed by atoms with van der Waals surface area (Å²) in [6, 6.07) is 15.0. The molecule has 5 rings (SSSR count). The molecule has 0 atom stereocenters. The molecule has 4 aromatic rings. The number of fused-ring (bicyclic) bond motifs is 1. The molecule has 1 fully saturated rings. The normalized spacial score (nSPS) is 14.3. The topological polar surface area (TPSA) is 92.2 Å². The van der Waals surface area contributed by atoms with Crippen LogP contribution in [0.5, 0.6) is 5.75 Å². The fourth-order valence-corrected chi connectivity index (χ4v) is 5.06. The summed E-state index contributed by atoms with van der Waals surface area (Å²) in [5.74, 6) is -0.0759. The summed E-state index contributed by atoms with van der Waals surface area (Å²) in [4.78, 5) is 17.2. The number of hydrogen-bond donors (Lipinski definition) is 0. The Morgan fingerprint density at radius 2 is 1.95 bits per heavy atom. The molecule has 0 unspecified atom stereocenters. The Hall–Kier alpha value is -4.30. The maximum atomic E-state index is 13.4. The number of ether oxygens (including phenoxy) is 1. The van der Waals surface area contributed by atoms with E-state index in [0.717, 1.165) is 23.6 Å². The number of carbonyl (C=O) groups excluding carboxylic acids is 1. The molecule has 1 aliphatic rings. The summed E-state index contributed by atoms with van der Waals surface area (Å²) >= 11 is 0. The van der Waals surface area contributed by atoms with Crippen molar-refractivity contribution in [3.63, 3.8) is 0 Å². The van der Waals surface area contributed by atoms with Crippen LogP contribution in [0.2, 0.25) is 0 Å². The first-order chi connectivity index (χ1) is 18.9. The van der Waals surface area contributed by atoms with Gasteiger partial charge in [-0.3, -0.25) is 9.48 Å². The van der Waals surface area contributed by atoms with E-state index in [1.807, 2.05) is 36.2 Å². The van der Waals surface area contributed by atoms with Gasteiger partial charge in [0.25, 0.3) is 0 Å². The Kier molecular flexibility index (Phi) is 7.84. The molecule has 2 aromatic heterocycles. The molecule has 0 radical (unpaired) electrons. The molecule has 0 spiro atoms. The second-order valence-corrected chi connectivity index (χ2v) is 9.59. The van der Waals surface area contributed by atoms with E-state index in [2.05, 4.69) is 21.2 Å². The van der Waals surface area contributed by atoms with Crippen LogP contribution in [0, 0.1) is 11.3 Å². The van der Waals surface area contributed by atoms with Crippen LogP contribution in [-0.2, 0) is 11.3 Å². The number of carbonyl (C=O) groups is 1. The van der Waals surface area contributed by atoms with Crippen LogP contribution in [0.3, 0.4) is 0 Å². The highest BCUT2D eigenvalue weighted by Gasteiger charge is 2.26. The van der Waals surface area contributed by atoms with Crippen molar-refractivity contribution in [2.24, 2.45) is 0 Å². The molecule has 1 aliphatic heterocycles. The van der Waals surface area contributed by atoms with Crippen molar-refractivity contribution < 1.29 is 18.3 Å². The molecule has 0 bridgehead atoms. The lowest BCUT2D eigenvalue weighted by atomic mass is 10.0. The molecule has 39 heavy (non-hydrogen) atoms. The van der Waals surface area contributed by atoms with Crippen LogP contribution in [0.25, 0.3) is 27.7 Å². The SMILES string of the molecule is CN(CCC#N)C1CCN(C(=O)Cn2cc(-n3cccn3)c(-c3cc4ccccc4cc3OC(F)F)n2)CC1. The van der Waals surface area contributed by atoms with E-state index >= 15 is 0 Å². The molecule has 0 saturated carbocycles. The molecule has 0 aliphatic carbocycles. The van der Waals surface area contributed by atoms with Gasteiger partial charge in [-0.2, -0.15) is 24.2 Å². The summed E-state index contributed by atoms with van der Waals surface area (Å²) in [7, 11) is 2.01. The molecule has 1 amide bonds. The monoisotopic (exact) mass is 533 g/mol. The van der Waals surface area contributed by atoms with Crippen LogP contribution in [0.1, 0.15) is 19.3 Å². The Bertz CT molecular complexity index is 1470. The van der Waals surface area contributed by atoms with E-state index in [4.69, 9.17) is 10.00 Å². The highest BCUT2D eigenvalue weighted by molar-refractivity contribution is 5.91. The smallest absolute Gasteiger partial charge is 0.387 e. The largest absolute Gasteiger partial charge is 0.434 e. The van der Waals surface area contributed by atoms with Gasteiger partial charge in [0.15, 0.2) is 0 Å². The fraction of sp³-hybridized carbons (Fsp3) is 0.357. The Morgan fingerprint density at radius 1 is 1.21 bits per heavy atom. The molecule has 202 valence electrons. The number of halogens is 2. The van der Waals surface area contributed by atoms with Crippen LogP contribution in [0.4, 0.5) is 8.78 Å². The molecule has 11 heteroatoms. The molecular weight excluding hydrogens is 504 g/mol. The van der Waals surface area contributed by atoms with Crippen LogP contribution < -0.4 is 4.74 Å². The van der Waals surface area contributed by atoms with Crippen molar-refractivity contribution in [2.45, 2.75) is 38.5 Å². The van der Waals surface area contributed by atoms with Gasteiger partial charge in [-0.1, -0.05) is 24.3 Å². The molecule has 1 saturated heterocycles. The minimum absolute atomic E-state index is 0.00181. The van der Waals surface area contributed by atoms with Crippen molar-refractivity contribution >= 4 is 16.7 Å². The second-order valence-electron chi connectivity index (χ2n) is 9.59. The fourth-order valence-electron chi connectivity index (χ4n) is 5.06. The van der Waals surface area contributed by atoms with E-state index in [0.29, 0.717) is 49.0 Å². The third-order valence-electron chi connectivity index (χ3n) is 7.13. The first-order valence-corrected chi connectivity index (χ1v) is 12.8. The number of aromatic nitrogens is 4. The minimum atomic E-state index is -3.01. The summed E-state index contributed by atoms with van der Waals surface area (Å²) in [6.45, 7) is -1.05. The van der Waals surface area contributed by atoms with E-state index in [1.165, 1.54) is 4.68 Å². The van der Waals surface area contributed by atoms with Crippen molar-refractivity contribution in [3.8, 4) is 28.8 Å². The first-order valence-electron chi connectivity index (χ1n) is 12.8. The quantitative estimate of drug-likeness (QED) is 0.318. The van der Waals surface area contributed by atoms with Crippen molar-refractivity contribution in [2.75, 3.05) is 26.7 Å². The lowest BCUT2D eigenvalue weighted by Gasteiger charge is -2.36. The standard InChI is InChI=1S/C28H29F2N7O2/c1-34(12-4-10-31)22-8-14-35(15-9-22)26(38)19-36-18-24(37-13-5-11-32-37)27(33-36)23-16-20-6-2-3-7-21(20)17-25(23)39-28(29)30/h2-3,5-7,11,13,16-18,22,28H,4,8-9,12,14-15,19H2,1H3. The Labute approximate surface area is 224 Å². The number of hydrogen-bond acceptors (Lipinski definition) is 6. The van der Waals surface area contributed by atoms with Crippen molar-refractivity contribution in [1.29, 1.82) is 5.26 Å². The van der Waals surface area contributed by atoms with Crippen molar-refractivity contribution in [1.82, 2.24) is 29.4 Å². The maximum Gasteiger partial charge on any atom is 0.387 e. The van der Waals surface area contributed by atoms with Gasteiger partial charge in [-0.25, -0.2) is 4.68 Å². The highest BCUT2D eigenvalue weighted by atomic mass is 19.3. The highest BCUT2D eigenvalue weighted by Crippen LogP contribution is 2.37. The van der Waals surface area contributed by atoms with Gasteiger partial charge in [0.05, 0.1) is 12.3 Å².